The van der Waals surface area contributed by atoms with E-state index in [1.807, 2.05) is 36.4 Å². The van der Waals surface area contributed by atoms with Crippen molar-refractivity contribution in [1.82, 2.24) is 4.57 Å². The van der Waals surface area contributed by atoms with E-state index < -0.39 is 22.2 Å². The van der Waals surface area contributed by atoms with Gasteiger partial charge in [-0.25, -0.2) is 0 Å². The maximum Gasteiger partial charge on any atom is 0.256 e. The number of hydrogen-bond acceptors (Lipinski definition) is 3. The molecule has 0 radical (unpaired) electrons. The van der Waals surface area contributed by atoms with Gasteiger partial charge in [-0.1, -0.05) is 354 Å². The second-order valence-corrected chi connectivity index (χ2v) is 37.0. The molecule has 0 aliphatic carbocycles. The fourth-order valence-electron chi connectivity index (χ4n) is 17.4. The van der Waals surface area contributed by atoms with Crippen LogP contribution in [0.2, 0.25) is 0 Å². The molecule has 0 saturated carbocycles. The van der Waals surface area contributed by atoms with Crippen molar-refractivity contribution in [1.29, 1.82) is 5.26 Å². The quantitative estimate of drug-likeness (QED) is 0.0805. The average molecular weight is 1420 g/mol. The smallest absolute Gasteiger partial charge is 0.256 e. The lowest BCUT2D eigenvalue weighted by Crippen LogP contribution is -2.75. The van der Waals surface area contributed by atoms with Crippen molar-refractivity contribution < 1.29 is 11.6 Å². The summed E-state index contributed by atoms with van der Waals surface area (Å²) in [4.78, 5) is 2.51. The molecule has 19 rings (SSSR count). The Balaban J connectivity index is 0.869. The Morgan fingerprint density at radius 2 is 0.833 bits per heavy atom. The molecular formula is C101H74BN3OSi2. The first-order valence-electron chi connectivity index (χ1n) is 39.5. The molecule has 0 atom stereocenters. The summed E-state index contributed by atoms with van der Waals surface area (Å²) in [6, 6.07) is 133. The van der Waals surface area contributed by atoms with E-state index in [9.17, 15) is 5.26 Å². The lowest BCUT2D eigenvalue weighted by Gasteiger charge is -2.42. The average Bonchev–Trinajstić information content (AvgIpc) is 1.27. The molecule has 4 nitrogen and oxygen atoms in total. The van der Waals surface area contributed by atoms with Gasteiger partial charge < -0.3 is 14.2 Å². The molecular weight excluding hydrogens is 1340 g/mol. The summed E-state index contributed by atoms with van der Waals surface area (Å²) >= 11 is 0. The second kappa shape index (κ2) is 26.8. The molecule has 0 spiro atoms. The molecule has 2 aliphatic rings. The molecule has 0 amide bonds. The number of ether oxygens (including phenoxy) is 1. The summed E-state index contributed by atoms with van der Waals surface area (Å²) in [5.74, 6) is 1.53. The van der Waals surface area contributed by atoms with Crippen molar-refractivity contribution in [2.75, 3.05) is 4.90 Å². The van der Waals surface area contributed by atoms with E-state index in [4.69, 9.17) is 11.6 Å². The lowest BCUT2D eigenvalue weighted by atomic mass is 9.34. The van der Waals surface area contributed by atoms with Gasteiger partial charge in [-0.3, -0.25) is 0 Å². The van der Waals surface area contributed by atoms with E-state index in [-0.39, 0.29) is 41.9 Å². The first-order valence-corrected chi connectivity index (χ1v) is 41.0. The van der Waals surface area contributed by atoms with Gasteiger partial charge in [0.2, 0.25) is 0 Å². The van der Waals surface area contributed by atoms with Crippen LogP contribution in [-0.2, 0) is 5.41 Å². The third-order valence-corrected chi connectivity index (χ3v) is 31.9. The van der Waals surface area contributed by atoms with E-state index in [2.05, 4.69) is 364 Å². The molecule has 0 N–H and O–H groups in total. The first kappa shape index (κ1) is 60.2. The molecule has 108 heavy (non-hydrogen) atoms. The molecule has 3 heterocycles. The molecule has 0 saturated heterocycles. The predicted octanol–water partition coefficient (Wildman–Crippen LogP) is 17.8. The molecule has 1 aromatic heterocycles. The van der Waals surface area contributed by atoms with Gasteiger partial charge >= 0.3 is 0 Å². The SMILES string of the molecule is [2H]c1c([2H])c([2H])c(-c2cccc([Si](c3ccccc3)(c3ccccc3)c3ccc(-c4ccc5c(c4)N(c4ccc(C(C)(C)C)cc4-c4ccccc4)c4cc(-n6c7ccccc7c7cc(C#N)ccc76)cc6c4B5c4ccc([Si](c5ccccc5)(c5ccccc5)c5cccc(-c7ccccc7)c5)cc4O6)cc3)c2)c([2H])c1[2H]. The summed E-state index contributed by atoms with van der Waals surface area (Å²) in [6.07, 6.45) is 0. The number of rotatable bonds is 14. The molecule has 0 unspecified atom stereocenters. The van der Waals surface area contributed by atoms with Crippen molar-refractivity contribution in [2.45, 2.75) is 26.2 Å². The van der Waals surface area contributed by atoms with Gasteiger partial charge in [0.1, 0.15) is 11.5 Å². The third kappa shape index (κ3) is 10.9. The molecule has 2 aliphatic heterocycles. The highest BCUT2D eigenvalue weighted by atomic mass is 28.3. The maximum absolute atomic E-state index is 10.5. The standard InChI is InChI=1S/C101H74BN3OSi2/c1-101(2,3)78-53-60-94(89(65-78)74-33-15-6-16-34-74)105-96-64-77(73-50-54-84(55-51-73)107(80-37-17-7-18-38-80,81-39-19-8-20-40-81)85-45-27-35-75(62-85)71-29-11-4-12-30-71)52-57-91(96)102-92-58-56-87(108(82-41-21-9-22-42-82,83-43-23-10-24-44-83)86-46-28-36-76(63-86)72-31-13-5-14-32-72)68-98(92)106-99-67-79(66-97(105)100(99)102)104-93-48-26-25-47-88(93)90-61-70(69-103)49-59-95(90)104/h4-68H,1-3H3/i4D,11D,12D,29D,30D. The zero-order chi connectivity index (χ0) is 76.9. The van der Waals surface area contributed by atoms with Crippen LogP contribution in [0.15, 0.2) is 394 Å². The number of para-hydroxylation sites is 1. The van der Waals surface area contributed by atoms with Crippen molar-refractivity contribution in [3.63, 3.8) is 0 Å². The minimum absolute atomic E-state index is 0.168. The van der Waals surface area contributed by atoms with E-state index >= 15 is 0 Å². The van der Waals surface area contributed by atoms with Crippen LogP contribution < -0.4 is 67.5 Å². The number of nitrogens with zero attached hydrogens (tertiary/aromatic N) is 3. The number of benzene rings is 16. The van der Waals surface area contributed by atoms with Crippen molar-refractivity contribution >= 4 is 120 Å². The van der Waals surface area contributed by atoms with E-state index in [1.165, 1.54) is 26.3 Å². The Hall–Kier alpha value is -13.1. The van der Waals surface area contributed by atoms with Crippen LogP contribution in [0.3, 0.4) is 0 Å². The topological polar surface area (TPSA) is 41.2 Å². The van der Waals surface area contributed by atoms with Gasteiger partial charge in [-0.05, 0) is 162 Å². The van der Waals surface area contributed by atoms with Gasteiger partial charge in [0, 0.05) is 33.8 Å². The molecule has 17 aromatic rings. The first-order chi connectivity index (χ1) is 55.2. The highest BCUT2D eigenvalue weighted by molar-refractivity contribution is 7.20. The van der Waals surface area contributed by atoms with Gasteiger partial charge in [-0.15, -0.1) is 0 Å². The lowest BCUT2D eigenvalue weighted by molar-refractivity contribution is 0.487. The summed E-state index contributed by atoms with van der Waals surface area (Å²) in [5, 5.41) is 21.8. The van der Waals surface area contributed by atoms with Gasteiger partial charge in [0.15, 0.2) is 16.1 Å². The summed E-state index contributed by atoms with van der Waals surface area (Å²) in [6.45, 7) is 6.51. The van der Waals surface area contributed by atoms with Crippen LogP contribution in [0.5, 0.6) is 11.5 Å². The Bertz CT molecular complexity index is 6550. The minimum Gasteiger partial charge on any atom is -0.458 e. The van der Waals surface area contributed by atoms with E-state index in [0.717, 1.165) is 127 Å². The fourth-order valence-corrected chi connectivity index (χ4v) is 27.0. The van der Waals surface area contributed by atoms with E-state index in [1.54, 1.807) is 0 Å². The van der Waals surface area contributed by atoms with Crippen LogP contribution >= 0.6 is 0 Å². The summed E-state index contributed by atoms with van der Waals surface area (Å²) in [7, 11) is -6.57. The Morgan fingerprint density at radius 3 is 1.44 bits per heavy atom. The largest absolute Gasteiger partial charge is 0.458 e. The number of aromatic nitrogens is 1. The van der Waals surface area contributed by atoms with Gasteiger partial charge in [0.25, 0.3) is 6.71 Å². The number of anilines is 3. The highest BCUT2D eigenvalue weighted by Gasteiger charge is 2.47. The van der Waals surface area contributed by atoms with Crippen LogP contribution in [0.4, 0.5) is 17.1 Å². The van der Waals surface area contributed by atoms with Crippen molar-refractivity contribution in [2.24, 2.45) is 0 Å². The number of hydrogen-bond donors (Lipinski definition) is 0. The highest BCUT2D eigenvalue weighted by Crippen LogP contribution is 2.48. The summed E-state index contributed by atoms with van der Waals surface area (Å²) in [5.41, 5.74) is 17.9. The number of fused-ring (bicyclic) bond motifs is 7. The molecule has 510 valence electrons. The van der Waals surface area contributed by atoms with Crippen LogP contribution in [0, 0.1) is 11.3 Å². The van der Waals surface area contributed by atoms with Crippen molar-refractivity contribution in [3.8, 4) is 67.8 Å². The zero-order valence-corrected chi connectivity index (χ0v) is 62.0. The minimum atomic E-state index is -3.33. The third-order valence-electron chi connectivity index (χ3n) is 22.4. The Labute approximate surface area is 641 Å². The monoisotopic (exact) mass is 1420 g/mol. The fraction of sp³-hybridized carbons (Fsp3) is 0.0396. The molecule has 16 aromatic carbocycles. The summed E-state index contributed by atoms with van der Waals surface area (Å²) < 4.78 is 54.6. The van der Waals surface area contributed by atoms with E-state index in [0.29, 0.717) is 11.1 Å². The van der Waals surface area contributed by atoms with Crippen LogP contribution in [0.1, 0.15) is 38.8 Å². The van der Waals surface area contributed by atoms with Gasteiger partial charge in [-0.2, -0.15) is 5.26 Å². The Kier molecular flexibility index (Phi) is 14.9. The Morgan fingerprint density at radius 1 is 0.352 bits per heavy atom. The maximum atomic E-state index is 10.5. The van der Waals surface area contributed by atoms with Crippen molar-refractivity contribution in [3.05, 3.63) is 405 Å². The zero-order valence-electron chi connectivity index (χ0n) is 65.0. The van der Waals surface area contributed by atoms with Gasteiger partial charge in [0.05, 0.1) is 40.9 Å². The molecule has 0 bridgehead atoms. The normalized spacial score (nSPS) is 13.1. The molecule has 7 heteroatoms. The number of nitriles is 1. The van der Waals surface area contributed by atoms with Crippen LogP contribution in [-0.4, -0.2) is 27.4 Å². The predicted molar refractivity (Wildman–Crippen MR) is 459 cm³/mol. The second-order valence-electron chi connectivity index (χ2n) is 29.4. The molecule has 0 fully saturated rings. The van der Waals surface area contributed by atoms with Crippen LogP contribution in [0.25, 0.3) is 72.0 Å².